The highest BCUT2D eigenvalue weighted by molar-refractivity contribution is 7.89. The molecule has 1 atom stereocenters. The van der Waals surface area contributed by atoms with Crippen LogP contribution >= 0.6 is 0 Å². The molecule has 148 valence electrons. The van der Waals surface area contributed by atoms with Crippen LogP contribution in [0.3, 0.4) is 0 Å². The predicted molar refractivity (Wildman–Crippen MR) is 105 cm³/mol. The van der Waals surface area contributed by atoms with E-state index in [1.807, 2.05) is 25.7 Å². The fraction of sp³-hybridized carbons (Fsp3) is 0.550. The SMILES string of the molecule is CCN(CC)S(=O)(=O)c1ccc2oc(C(=O)N3CCCC(C)C3)c(C)c2c1. The van der Waals surface area contributed by atoms with Gasteiger partial charge in [0.2, 0.25) is 10.0 Å². The maximum absolute atomic E-state index is 12.9. The summed E-state index contributed by atoms with van der Waals surface area (Å²) in [6.45, 7) is 9.90. The molecule has 6 nitrogen and oxygen atoms in total. The molecule has 1 aromatic carbocycles. The second kappa shape index (κ2) is 7.64. The van der Waals surface area contributed by atoms with Gasteiger partial charge in [-0.3, -0.25) is 4.79 Å². The third-order valence-electron chi connectivity index (χ3n) is 5.39. The van der Waals surface area contributed by atoms with Gasteiger partial charge in [-0.05, 0) is 43.9 Å². The molecule has 1 aliphatic rings. The summed E-state index contributed by atoms with van der Waals surface area (Å²) in [5.74, 6) is 0.693. The third kappa shape index (κ3) is 3.62. The smallest absolute Gasteiger partial charge is 0.289 e. The van der Waals surface area contributed by atoms with Crippen molar-refractivity contribution < 1.29 is 17.6 Å². The number of carbonyl (C=O) groups is 1. The molecule has 0 N–H and O–H groups in total. The van der Waals surface area contributed by atoms with Crippen molar-refractivity contribution in [1.82, 2.24) is 9.21 Å². The molecule has 1 saturated heterocycles. The van der Waals surface area contributed by atoms with Crippen LogP contribution in [0.25, 0.3) is 11.0 Å². The Morgan fingerprint density at radius 3 is 2.63 bits per heavy atom. The number of hydrogen-bond donors (Lipinski definition) is 0. The number of fused-ring (bicyclic) bond motifs is 1. The van der Waals surface area contributed by atoms with Crippen molar-refractivity contribution in [1.29, 1.82) is 0 Å². The molecule has 2 heterocycles. The average molecular weight is 393 g/mol. The Morgan fingerprint density at radius 1 is 1.30 bits per heavy atom. The van der Waals surface area contributed by atoms with Gasteiger partial charge in [0.25, 0.3) is 5.91 Å². The van der Waals surface area contributed by atoms with Gasteiger partial charge >= 0.3 is 0 Å². The fourth-order valence-electron chi connectivity index (χ4n) is 3.79. The van der Waals surface area contributed by atoms with E-state index in [-0.39, 0.29) is 10.8 Å². The zero-order valence-electron chi connectivity index (χ0n) is 16.5. The Hall–Kier alpha value is -1.86. The number of hydrogen-bond acceptors (Lipinski definition) is 4. The van der Waals surface area contributed by atoms with Gasteiger partial charge < -0.3 is 9.32 Å². The Balaban J connectivity index is 1.99. The van der Waals surface area contributed by atoms with E-state index in [0.29, 0.717) is 41.3 Å². The monoisotopic (exact) mass is 392 g/mol. The first-order valence-corrected chi connectivity index (χ1v) is 11.1. The molecule has 27 heavy (non-hydrogen) atoms. The number of aryl methyl sites for hydroxylation is 1. The highest BCUT2D eigenvalue weighted by Gasteiger charge is 2.28. The molecule has 0 saturated carbocycles. The lowest BCUT2D eigenvalue weighted by Gasteiger charge is -2.30. The van der Waals surface area contributed by atoms with Crippen LogP contribution in [0, 0.1) is 12.8 Å². The largest absolute Gasteiger partial charge is 0.451 e. The van der Waals surface area contributed by atoms with E-state index in [4.69, 9.17) is 4.42 Å². The second-order valence-corrected chi connectivity index (χ2v) is 9.24. The number of carbonyl (C=O) groups excluding carboxylic acids is 1. The zero-order valence-corrected chi connectivity index (χ0v) is 17.3. The van der Waals surface area contributed by atoms with E-state index in [9.17, 15) is 13.2 Å². The number of amides is 1. The van der Waals surface area contributed by atoms with Crippen molar-refractivity contribution in [3.05, 3.63) is 29.5 Å². The first-order valence-electron chi connectivity index (χ1n) is 9.62. The minimum atomic E-state index is -3.55. The Bertz CT molecular complexity index is 944. The van der Waals surface area contributed by atoms with Crippen molar-refractivity contribution in [2.75, 3.05) is 26.2 Å². The number of likely N-dealkylation sites (tertiary alicyclic amines) is 1. The molecule has 1 unspecified atom stereocenters. The highest BCUT2D eigenvalue weighted by Crippen LogP contribution is 2.30. The first-order chi connectivity index (χ1) is 12.8. The van der Waals surface area contributed by atoms with Crippen molar-refractivity contribution in [2.45, 2.75) is 45.4 Å². The quantitative estimate of drug-likeness (QED) is 0.779. The summed E-state index contributed by atoms with van der Waals surface area (Å²) in [6.07, 6.45) is 2.13. The topological polar surface area (TPSA) is 70.8 Å². The third-order valence-corrected chi connectivity index (χ3v) is 7.44. The van der Waals surface area contributed by atoms with Crippen LogP contribution in [-0.4, -0.2) is 49.7 Å². The summed E-state index contributed by atoms with van der Waals surface area (Å²) < 4.78 is 32.8. The van der Waals surface area contributed by atoms with Crippen LogP contribution in [-0.2, 0) is 10.0 Å². The molecule has 0 spiro atoms. The highest BCUT2D eigenvalue weighted by atomic mass is 32.2. The van der Waals surface area contributed by atoms with Gasteiger partial charge in [0, 0.05) is 37.1 Å². The van der Waals surface area contributed by atoms with Gasteiger partial charge in [-0.1, -0.05) is 20.8 Å². The standard InChI is InChI=1S/C20H28N2O4S/c1-5-22(6-2)27(24,25)16-9-10-18-17(12-16)15(4)19(26-18)20(23)21-11-7-8-14(3)13-21/h9-10,12,14H,5-8,11,13H2,1-4H3. The van der Waals surface area contributed by atoms with Gasteiger partial charge in [-0.15, -0.1) is 0 Å². The summed E-state index contributed by atoms with van der Waals surface area (Å²) in [4.78, 5) is 15.0. The first kappa shape index (κ1) is 19.9. The van der Waals surface area contributed by atoms with Crippen molar-refractivity contribution in [2.24, 2.45) is 5.92 Å². The van der Waals surface area contributed by atoms with E-state index < -0.39 is 10.0 Å². The van der Waals surface area contributed by atoms with Crippen molar-refractivity contribution in [3.63, 3.8) is 0 Å². The molecule has 7 heteroatoms. The predicted octanol–water partition coefficient (Wildman–Crippen LogP) is 3.64. The lowest BCUT2D eigenvalue weighted by Crippen LogP contribution is -2.39. The van der Waals surface area contributed by atoms with Gasteiger partial charge in [0.1, 0.15) is 5.58 Å². The number of furan rings is 1. The lowest BCUT2D eigenvalue weighted by molar-refractivity contribution is 0.0652. The van der Waals surface area contributed by atoms with Crippen LogP contribution in [0.1, 0.15) is 49.7 Å². The maximum Gasteiger partial charge on any atom is 0.289 e. The zero-order chi connectivity index (χ0) is 19.8. The van der Waals surface area contributed by atoms with Crippen molar-refractivity contribution in [3.8, 4) is 0 Å². The number of piperidine rings is 1. The average Bonchev–Trinajstić information content (AvgIpc) is 2.98. The summed E-state index contributed by atoms with van der Waals surface area (Å²) in [5.41, 5.74) is 1.24. The van der Waals surface area contributed by atoms with Gasteiger partial charge in [-0.25, -0.2) is 8.42 Å². The minimum absolute atomic E-state index is 0.108. The summed E-state index contributed by atoms with van der Waals surface area (Å²) in [7, 11) is -3.55. The molecule has 1 amide bonds. The fourth-order valence-corrected chi connectivity index (χ4v) is 5.28. The minimum Gasteiger partial charge on any atom is -0.451 e. The normalized spacial score (nSPS) is 18.4. The van der Waals surface area contributed by atoms with Crippen LogP contribution < -0.4 is 0 Å². The molecule has 0 radical (unpaired) electrons. The van der Waals surface area contributed by atoms with Crippen LogP contribution in [0.2, 0.25) is 0 Å². The molecular formula is C20H28N2O4S. The van der Waals surface area contributed by atoms with Crippen LogP contribution in [0.4, 0.5) is 0 Å². The Labute approximate surface area is 161 Å². The number of nitrogens with zero attached hydrogens (tertiary/aromatic N) is 2. The molecule has 1 aromatic heterocycles. The molecular weight excluding hydrogens is 364 g/mol. The lowest BCUT2D eigenvalue weighted by atomic mass is 10.00. The maximum atomic E-state index is 12.9. The van der Waals surface area contributed by atoms with E-state index in [1.165, 1.54) is 4.31 Å². The van der Waals surface area contributed by atoms with Crippen molar-refractivity contribution >= 4 is 26.9 Å². The Kier molecular flexibility index (Phi) is 5.63. The summed E-state index contributed by atoms with van der Waals surface area (Å²) in [5, 5.41) is 0.677. The van der Waals surface area contributed by atoms with Gasteiger partial charge in [-0.2, -0.15) is 4.31 Å². The molecule has 0 aliphatic carbocycles. The molecule has 1 fully saturated rings. The molecule has 1 aliphatic heterocycles. The number of rotatable bonds is 5. The van der Waals surface area contributed by atoms with Gasteiger partial charge in [0.15, 0.2) is 5.76 Å². The number of sulfonamides is 1. The second-order valence-electron chi connectivity index (χ2n) is 7.30. The van der Waals surface area contributed by atoms with E-state index >= 15 is 0 Å². The van der Waals surface area contributed by atoms with E-state index in [1.54, 1.807) is 18.2 Å². The molecule has 0 bridgehead atoms. The number of benzene rings is 1. The summed E-state index contributed by atoms with van der Waals surface area (Å²) >= 11 is 0. The molecule has 2 aromatic rings. The van der Waals surface area contributed by atoms with E-state index in [2.05, 4.69) is 6.92 Å². The Morgan fingerprint density at radius 2 is 2.00 bits per heavy atom. The van der Waals surface area contributed by atoms with E-state index in [0.717, 1.165) is 25.9 Å². The van der Waals surface area contributed by atoms with Gasteiger partial charge in [0.05, 0.1) is 4.90 Å². The summed E-state index contributed by atoms with van der Waals surface area (Å²) in [6, 6.07) is 4.82. The molecule has 3 rings (SSSR count). The van der Waals surface area contributed by atoms with Crippen LogP contribution in [0.5, 0.6) is 0 Å². The van der Waals surface area contributed by atoms with Crippen LogP contribution in [0.15, 0.2) is 27.5 Å².